The summed E-state index contributed by atoms with van der Waals surface area (Å²) < 4.78 is 6.82. The number of nitrogens with two attached hydrogens (primary N) is 1. The highest BCUT2D eigenvalue weighted by atomic mass is 16.5. The van der Waals surface area contributed by atoms with Gasteiger partial charge in [-0.2, -0.15) is 5.26 Å². The summed E-state index contributed by atoms with van der Waals surface area (Å²) in [6.07, 6.45) is 1.54. The molecule has 86 valence electrons. The Hall–Kier alpha value is -2.48. The predicted molar refractivity (Wildman–Crippen MR) is 64.0 cm³/mol. The Morgan fingerprint density at radius 2 is 2.24 bits per heavy atom. The highest BCUT2D eigenvalue weighted by molar-refractivity contribution is 5.54. The summed E-state index contributed by atoms with van der Waals surface area (Å²) in [5.41, 5.74) is 7.95. The molecule has 0 amide bonds. The van der Waals surface area contributed by atoms with Crippen LogP contribution in [-0.4, -0.2) is 16.7 Å². The molecule has 17 heavy (non-hydrogen) atoms. The van der Waals surface area contributed by atoms with Gasteiger partial charge in [0.1, 0.15) is 24.0 Å². The van der Waals surface area contributed by atoms with E-state index in [0.717, 1.165) is 17.0 Å². The van der Waals surface area contributed by atoms with E-state index in [-0.39, 0.29) is 5.69 Å². The van der Waals surface area contributed by atoms with Crippen LogP contribution in [0, 0.1) is 18.3 Å². The molecule has 0 saturated carbocycles. The summed E-state index contributed by atoms with van der Waals surface area (Å²) in [6, 6.07) is 7.57. The van der Waals surface area contributed by atoms with Crippen molar-refractivity contribution < 1.29 is 4.74 Å². The monoisotopic (exact) mass is 228 g/mol. The van der Waals surface area contributed by atoms with Gasteiger partial charge in [0, 0.05) is 0 Å². The molecule has 0 saturated heterocycles. The van der Waals surface area contributed by atoms with Crippen LogP contribution in [0.25, 0.3) is 5.69 Å². The van der Waals surface area contributed by atoms with Gasteiger partial charge in [-0.25, -0.2) is 4.98 Å². The molecule has 0 aliphatic carbocycles. The van der Waals surface area contributed by atoms with Crippen molar-refractivity contribution in [1.29, 1.82) is 5.26 Å². The Bertz CT molecular complexity index is 595. The maximum absolute atomic E-state index is 8.80. The number of benzene rings is 1. The Labute approximate surface area is 99.1 Å². The van der Waals surface area contributed by atoms with Crippen LogP contribution in [0.15, 0.2) is 24.5 Å². The van der Waals surface area contributed by atoms with Crippen molar-refractivity contribution >= 4 is 5.82 Å². The Morgan fingerprint density at radius 3 is 2.76 bits per heavy atom. The summed E-state index contributed by atoms with van der Waals surface area (Å²) in [5.74, 6) is 1.13. The molecule has 1 aromatic heterocycles. The van der Waals surface area contributed by atoms with Crippen LogP contribution in [0.2, 0.25) is 0 Å². The molecule has 0 radical (unpaired) electrons. The van der Waals surface area contributed by atoms with Gasteiger partial charge in [0.25, 0.3) is 0 Å². The van der Waals surface area contributed by atoms with Crippen LogP contribution in [0.3, 0.4) is 0 Å². The minimum atomic E-state index is 0.236. The maximum atomic E-state index is 8.80. The van der Waals surface area contributed by atoms with Gasteiger partial charge >= 0.3 is 0 Å². The topological polar surface area (TPSA) is 76.9 Å². The Morgan fingerprint density at radius 1 is 1.47 bits per heavy atom. The van der Waals surface area contributed by atoms with Crippen LogP contribution < -0.4 is 10.5 Å². The number of ether oxygens (including phenoxy) is 1. The second-order valence-corrected chi connectivity index (χ2v) is 3.61. The van der Waals surface area contributed by atoms with E-state index in [0.29, 0.717) is 5.82 Å². The molecule has 0 aliphatic heterocycles. The highest BCUT2D eigenvalue weighted by Gasteiger charge is 2.10. The van der Waals surface area contributed by atoms with Crippen LogP contribution in [-0.2, 0) is 0 Å². The molecule has 2 rings (SSSR count). The first-order chi connectivity index (χ1) is 8.17. The maximum Gasteiger partial charge on any atom is 0.182 e. The van der Waals surface area contributed by atoms with Gasteiger partial charge in [0.2, 0.25) is 0 Å². The van der Waals surface area contributed by atoms with E-state index in [4.69, 9.17) is 15.7 Å². The second kappa shape index (κ2) is 4.18. The van der Waals surface area contributed by atoms with Gasteiger partial charge in [-0.15, -0.1) is 0 Å². The first-order valence-corrected chi connectivity index (χ1v) is 5.05. The lowest BCUT2D eigenvalue weighted by molar-refractivity contribution is 0.414. The molecule has 5 nitrogen and oxygen atoms in total. The molecule has 2 aromatic rings. The van der Waals surface area contributed by atoms with Crippen molar-refractivity contribution in [3.05, 3.63) is 35.8 Å². The first kappa shape index (κ1) is 11.0. The van der Waals surface area contributed by atoms with E-state index in [9.17, 15) is 0 Å². The quantitative estimate of drug-likeness (QED) is 0.847. The third kappa shape index (κ3) is 1.81. The average molecular weight is 228 g/mol. The van der Waals surface area contributed by atoms with E-state index in [2.05, 4.69) is 4.98 Å². The molecule has 0 fully saturated rings. The minimum absolute atomic E-state index is 0.236. The molecule has 1 aromatic carbocycles. The molecule has 0 atom stereocenters. The van der Waals surface area contributed by atoms with Crippen molar-refractivity contribution in [3.63, 3.8) is 0 Å². The largest absolute Gasteiger partial charge is 0.497 e. The molecule has 0 spiro atoms. The number of methoxy groups -OCH3 is 1. The van der Waals surface area contributed by atoms with E-state index < -0.39 is 0 Å². The molecule has 5 heteroatoms. The van der Waals surface area contributed by atoms with Crippen molar-refractivity contribution in [3.8, 4) is 17.5 Å². The van der Waals surface area contributed by atoms with Crippen molar-refractivity contribution in [2.75, 3.05) is 12.8 Å². The van der Waals surface area contributed by atoms with Crippen LogP contribution >= 0.6 is 0 Å². The van der Waals surface area contributed by atoms with E-state index in [1.807, 2.05) is 31.2 Å². The van der Waals surface area contributed by atoms with Crippen molar-refractivity contribution in [1.82, 2.24) is 9.55 Å². The zero-order valence-corrected chi connectivity index (χ0v) is 9.64. The number of anilines is 1. The van der Waals surface area contributed by atoms with Crippen molar-refractivity contribution in [2.45, 2.75) is 6.92 Å². The second-order valence-electron chi connectivity index (χ2n) is 3.61. The fourth-order valence-electron chi connectivity index (χ4n) is 1.66. The summed E-state index contributed by atoms with van der Waals surface area (Å²) >= 11 is 0. The number of aryl methyl sites for hydroxylation is 1. The normalized spacial score (nSPS) is 9.94. The van der Waals surface area contributed by atoms with Crippen molar-refractivity contribution in [2.24, 2.45) is 0 Å². The van der Waals surface area contributed by atoms with E-state index >= 15 is 0 Å². The van der Waals surface area contributed by atoms with E-state index in [1.165, 1.54) is 0 Å². The molecule has 2 N–H and O–H groups in total. The van der Waals surface area contributed by atoms with Crippen LogP contribution in [0.5, 0.6) is 5.75 Å². The first-order valence-electron chi connectivity index (χ1n) is 5.05. The molecular formula is C12H12N4O. The molecule has 0 unspecified atom stereocenters. The number of aromatic nitrogens is 2. The van der Waals surface area contributed by atoms with Gasteiger partial charge in [-0.1, -0.05) is 0 Å². The molecule has 1 heterocycles. The highest BCUT2D eigenvalue weighted by Crippen LogP contribution is 2.23. The number of rotatable bonds is 2. The number of nitrogens with zero attached hydrogens (tertiary/aromatic N) is 3. The number of hydrogen-bond donors (Lipinski definition) is 1. The standard InChI is InChI=1S/C12H12N4O/c1-8-5-9(17-2)3-4-11(8)16-7-15-10(6-13)12(16)14/h3-5,7H,14H2,1-2H3. The predicted octanol–water partition coefficient (Wildman–Crippen LogP) is 1.64. The summed E-state index contributed by atoms with van der Waals surface area (Å²) in [6.45, 7) is 1.95. The third-order valence-corrected chi connectivity index (χ3v) is 2.57. The lowest BCUT2D eigenvalue weighted by Gasteiger charge is -2.10. The number of imidazole rings is 1. The fourth-order valence-corrected chi connectivity index (χ4v) is 1.66. The average Bonchev–Trinajstić information content (AvgIpc) is 2.70. The van der Waals surface area contributed by atoms with E-state index in [1.54, 1.807) is 18.0 Å². The zero-order valence-electron chi connectivity index (χ0n) is 9.64. The van der Waals surface area contributed by atoms with Gasteiger partial charge < -0.3 is 10.5 Å². The third-order valence-electron chi connectivity index (χ3n) is 2.57. The molecule has 0 aliphatic rings. The number of nitriles is 1. The summed E-state index contributed by atoms with van der Waals surface area (Å²) in [4.78, 5) is 3.94. The number of nitrogen functional groups attached to an aromatic ring is 1. The Balaban J connectivity index is 2.54. The van der Waals surface area contributed by atoms with Gasteiger partial charge in [-0.05, 0) is 30.7 Å². The van der Waals surface area contributed by atoms with Gasteiger partial charge in [0.15, 0.2) is 5.69 Å². The zero-order chi connectivity index (χ0) is 12.4. The van der Waals surface area contributed by atoms with Gasteiger partial charge in [-0.3, -0.25) is 4.57 Å². The summed E-state index contributed by atoms with van der Waals surface area (Å²) in [5, 5.41) is 8.80. The lowest BCUT2D eigenvalue weighted by atomic mass is 10.2. The minimum Gasteiger partial charge on any atom is -0.497 e. The number of hydrogen-bond acceptors (Lipinski definition) is 4. The molecule has 0 bridgehead atoms. The fraction of sp³-hybridized carbons (Fsp3) is 0.167. The lowest BCUT2D eigenvalue weighted by Crippen LogP contribution is -2.01. The summed E-state index contributed by atoms with van der Waals surface area (Å²) in [7, 11) is 1.62. The van der Waals surface area contributed by atoms with Crippen LogP contribution in [0.4, 0.5) is 5.82 Å². The van der Waals surface area contributed by atoms with Crippen LogP contribution in [0.1, 0.15) is 11.3 Å². The van der Waals surface area contributed by atoms with Gasteiger partial charge in [0.05, 0.1) is 12.8 Å². The SMILES string of the molecule is COc1ccc(-n2cnc(C#N)c2N)c(C)c1. The molecular weight excluding hydrogens is 216 g/mol. The smallest absolute Gasteiger partial charge is 0.182 e. The Kier molecular flexibility index (Phi) is 2.71.